The predicted octanol–water partition coefficient (Wildman–Crippen LogP) is 3.79. The number of ether oxygens (including phenoxy) is 1. The lowest BCUT2D eigenvalue weighted by molar-refractivity contribution is -0.121. The van der Waals surface area contributed by atoms with E-state index in [4.69, 9.17) is 9.15 Å². The van der Waals surface area contributed by atoms with Gasteiger partial charge in [-0.25, -0.2) is 0 Å². The Labute approximate surface area is 164 Å². The highest BCUT2D eigenvalue weighted by Gasteiger charge is 2.30. The number of carbonyl (C=O) groups excluding carboxylic acids is 2. The molecule has 0 spiro atoms. The van der Waals surface area contributed by atoms with Gasteiger partial charge in [-0.05, 0) is 54.5 Å². The third kappa shape index (κ3) is 3.63. The largest absolute Gasteiger partial charge is 0.482 e. The maximum absolute atomic E-state index is 12.6. The van der Waals surface area contributed by atoms with E-state index in [1.54, 1.807) is 17.0 Å². The Bertz CT molecular complexity index is 911. The fourth-order valence-electron chi connectivity index (χ4n) is 3.23. The van der Waals surface area contributed by atoms with Crippen LogP contribution in [0.25, 0.3) is 0 Å². The second-order valence-electron chi connectivity index (χ2n) is 8.20. The lowest BCUT2D eigenvalue weighted by atomic mass is 9.82. The first kappa shape index (κ1) is 18.6. The van der Waals surface area contributed by atoms with Crippen molar-refractivity contribution < 1.29 is 18.7 Å². The van der Waals surface area contributed by atoms with Crippen molar-refractivity contribution in [3.05, 3.63) is 47.4 Å². The first-order chi connectivity index (χ1) is 13.4. The van der Waals surface area contributed by atoms with E-state index in [2.05, 4.69) is 32.2 Å². The first-order valence-corrected chi connectivity index (χ1v) is 9.84. The van der Waals surface area contributed by atoms with Crippen LogP contribution in [0.3, 0.4) is 0 Å². The Morgan fingerprint density at radius 2 is 2.04 bits per heavy atom. The van der Waals surface area contributed by atoms with Gasteiger partial charge in [-0.2, -0.15) is 0 Å². The van der Waals surface area contributed by atoms with E-state index in [1.807, 2.05) is 12.1 Å². The van der Waals surface area contributed by atoms with Gasteiger partial charge < -0.3 is 14.5 Å². The average Bonchev–Trinajstić information content (AvgIpc) is 3.37. The number of furan rings is 1. The highest BCUT2D eigenvalue weighted by atomic mass is 16.5. The molecule has 1 fully saturated rings. The Morgan fingerprint density at radius 1 is 1.25 bits per heavy atom. The van der Waals surface area contributed by atoms with Crippen LogP contribution in [0.5, 0.6) is 5.75 Å². The molecule has 1 saturated carbocycles. The Balaban J connectivity index is 1.58. The monoisotopic (exact) mass is 382 g/mol. The quantitative estimate of drug-likeness (QED) is 0.825. The fourth-order valence-corrected chi connectivity index (χ4v) is 3.23. The summed E-state index contributed by atoms with van der Waals surface area (Å²) in [5.74, 6) is 1.22. The lowest BCUT2D eigenvalue weighted by Crippen LogP contribution is -2.38. The van der Waals surface area contributed by atoms with Gasteiger partial charge in [0.05, 0.1) is 12.2 Å². The van der Waals surface area contributed by atoms with Crippen molar-refractivity contribution in [1.82, 2.24) is 5.32 Å². The molecule has 4 rings (SSSR count). The molecule has 0 atom stereocenters. The zero-order valence-electron chi connectivity index (χ0n) is 16.6. The second kappa shape index (κ2) is 7.00. The van der Waals surface area contributed by atoms with Gasteiger partial charge in [-0.3, -0.25) is 14.5 Å². The van der Waals surface area contributed by atoms with Gasteiger partial charge in [0.15, 0.2) is 12.4 Å². The van der Waals surface area contributed by atoms with Crippen LogP contribution in [0, 0.1) is 0 Å². The molecule has 1 aromatic heterocycles. The Kier molecular flexibility index (Phi) is 4.65. The van der Waals surface area contributed by atoms with Gasteiger partial charge in [-0.15, -0.1) is 0 Å². The summed E-state index contributed by atoms with van der Waals surface area (Å²) in [6.45, 7) is 6.78. The predicted molar refractivity (Wildman–Crippen MR) is 106 cm³/mol. The van der Waals surface area contributed by atoms with Gasteiger partial charge in [0.25, 0.3) is 11.8 Å². The number of hydrogen-bond donors (Lipinski definition) is 1. The molecule has 2 aromatic rings. The zero-order valence-corrected chi connectivity index (χ0v) is 16.6. The molecular formula is C22H26N2O4. The van der Waals surface area contributed by atoms with Crippen molar-refractivity contribution >= 4 is 17.5 Å². The summed E-state index contributed by atoms with van der Waals surface area (Å²) in [5, 5.41) is 2.91. The number of amides is 2. The molecule has 0 bridgehead atoms. The van der Waals surface area contributed by atoms with Crippen molar-refractivity contribution in [2.75, 3.05) is 11.5 Å². The van der Waals surface area contributed by atoms with E-state index in [0.29, 0.717) is 11.5 Å². The summed E-state index contributed by atoms with van der Waals surface area (Å²) in [4.78, 5) is 26.4. The number of benzene rings is 1. The molecule has 1 N–H and O–H groups in total. The number of nitrogens with one attached hydrogen (secondary N) is 1. The van der Waals surface area contributed by atoms with Crippen molar-refractivity contribution in [1.29, 1.82) is 0 Å². The lowest BCUT2D eigenvalue weighted by Gasteiger charge is -2.31. The van der Waals surface area contributed by atoms with Crippen molar-refractivity contribution in [3.8, 4) is 5.75 Å². The van der Waals surface area contributed by atoms with E-state index in [0.717, 1.165) is 30.5 Å². The molecule has 1 aromatic carbocycles. The molecular weight excluding hydrogens is 356 g/mol. The molecule has 0 radical (unpaired) electrons. The third-order valence-electron chi connectivity index (χ3n) is 5.68. The molecule has 0 saturated heterocycles. The number of anilines is 1. The van der Waals surface area contributed by atoms with Crippen LogP contribution in [0.4, 0.5) is 5.69 Å². The van der Waals surface area contributed by atoms with Crippen LogP contribution in [0.15, 0.2) is 34.7 Å². The van der Waals surface area contributed by atoms with Gasteiger partial charge >= 0.3 is 0 Å². The molecule has 28 heavy (non-hydrogen) atoms. The topological polar surface area (TPSA) is 71.8 Å². The van der Waals surface area contributed by atoms with Crippen molar-refractivity contribution in [3.63, 3.8) is 0 Å². The van der Waals surface area contributed by atoms with E-state index in [-0.39, 0.29) is 42.2 Å². The van der Waals surface area contributed by atoms with Gasteiger partial charge in [-0.1, -0.05) is 26.8 Å². The summed E-state index contributed by atoms with van der Waals surface area (Å²) < 4.78 is 11.3. The van der Waals surface area contributed by atoms with Crippen LogP contribution in [0.1, 0.15) is 61.9 Å². The Hall–Kier alpha value is -2.76. The maximum Gasteiger partial charge on any atom is 0.287 e. The molecule has 0 unspecified atom stereocenters. The van der Waals surface area contributed by atoms with Crippen LogP contribution in [-0.2, 0) is 16.8 Å². The number of hydrogen-bond acceptors (Lipinski definition) is 4. The summed E-state index contributed by atoms with van der Waals surface area (Å²) in [6, 6.07) is 9.70. The van der Waals surface area contributed by atoms with Crippen LogP contribution in [0.2, 0.25) is 0 Å². The normalized spacial score (nSPS) is 16.5. The third-order valence-corrected chi connectivity index (χ3v) is 5.68. The molecule has 2 amide bonds. The summed E-state index contributed by atoms with van der Waals surface area (Å²) >= 11 is 0. The highest BCUT2D eigenvalue weighted by Crippen LogP contribution is 2.38. The molecule has 1 aliphatic heterocycles. The first-order valence-electron chi connectivity index (χ1n) is 9.84. The molecule has 1 aliphatic carbocycles. The van der Waals surface area contributed by atoms with Crippen LogP contribution >= 0.6 is 0 Å². The second-order valence-corrected chi connectivity index (χ2v) is 8.20. The van der Waals surface area contributed by atoms with Gasteiger partial charge in [0.2, 0.25) is 0 Å². The molecule has 148 valence electrons. The standard InChI is InChI=1S/C22H26N2O4/c1-4-22(2,3)14-5-9-18-17(11-14)24(20(25)13-27-18)12-16-8-10-19(28-16)21(26)23-15-6-7-15/h5,8-11,15H,4,6-7,12-13H2,1-3H3,(H,23,26). The molecule has 6 nitrogen and oxygen atoms in total. The number of fused-ring (bicyclic) bond motifs is 1. The number of nitrogens with zero attached hydrogens (tertiary/aromatic N) is 1. The summed E-state index contributed by atoms with van der Waals surface area (Å²) in [5.41, 5.74) is 1.90. The average molecular weight is 382 g/mol. The summed E-state index contributed by atoms with van der Waals surface area (Å²) in [7, 11) is 0. The fraction of sp³-hybridized carbons (Fsp3) is 0.455. The molecule has 6 heteroatoms. The molecule has 2 heterocycles. The van der Waals surface area contributed by atoms with Gasteiger partial charge in [0.1, 0.15) is 11.5 Å². The van der Waals surface area contributed by atoms with Gasteiger partial charge in [0, 0.05) is 6.04 Å². The highest BCUT2D eigenvalue weighted by molar-refractivity contribution is 5.98. The van der Waals surface area contributed by atoms with E-state index in [1.165, 1.54) is 0 Å². The molecule has 2 aliphatic rings. The smallest absolute Gasteiger partial charge is 0.287 e. The van der Waals surface area contributed by atoms with E-state index < -0.39 is 0 Å². The minimum atomic E-state index is -0.200. The van der Waals surface area contributed by atoms with E-state index in [9.17, 15) is 9.59 Å². The SMILES string of the molecule is CCC(C)(C)c1ccc2c(c1)N(Cc1ccc(C(=O)NC3CC3)o1)C(=O)CO2. The number of rotatable bonds is 6. The van der Waals surface area contributed by atoms with Crippen LogP contribution in [-0.4, -0.2) is 24.5 Å². The minimum absolute atomic E-state index is 0.0000544. The zero-order chi connectivity index (χ0) is 19.9. The minimum Gasteiger partial charge on any atom is -0.482 e. The van der Waals surface area contributed by atoms with Crippen molar-refractivity contribution in [2.45, 2.75) is 58.0 Å². The maximum atomic E-state index is 12.6. The Morgan fingerprint density at radius 3 is 2.75 bits per heavy atom. The van der Waals surface area contributed by atoms with Crippen molar-refractivity contribution in [2.24, 2.45) is 0 Å². The van der Waals surface area contributed by atoms with Crippen LogP contribution < -0.4 is 15.0 Å². The van der Waals surface area contributed by atoms with E-state index >= 15 is 0 Å². The summed E-state index contributed by atoms with van der Waals surface area (Å²) in [6.07, 6.45) is 3.03. The number of carbonyl (C=O) groups is 2.